The molecule has 1 fully saturated rings. The number of nitrogens with one attached hydrogen (secondary N) is 1. The van der Waals surface area contributed by atoms with E-state index in [2.05, 4.69) is 5.32 Å². The normalized spacial score (nSPS) is 23.7. The summed E-state index contributed by atoms with van der Waals surface area (Å²) in [5.41, 5.74) is 1.71. The third-order valence-corrected chi connectivity index (χ3v) is 4.24. The van der Waals surface area contributed by atoms with Gasteiger partial charge >= 0.3 is 0 Å². The molecule has 4 heteroatoms. The number of amides is 1. The van der Waals surface area contributed by atoms with E-state index in [-0.39, 0.29) is 5.91 Å². The minimum absolute atomic E-state index is 0.281. The molecule has 0 saturated carbocycles. The van der Waals surface area contributed by atoms with Gasteiger partial charge in [0.15, 0.2) is 5.60 Å². The molecule has 0 aliphatic carbocycles. The summed E-state index contributed by atoms with van der Waals surface area (Å²) in [6.45, 7) is 3.93. The summed E-state index contributed by atoms with van der Waals surface area (Å²) in [6, 6.07) is 5.90. The van der Waals surface area contributed by atoms with E-state index in [1.54, 1.807) is 11.8 Å². The van der Waals surface area contributed by atoms with E-state index in [9.17, 15) is 9.90 Å². The van der Waals surface area contributed by atoms with E-state index in [1.165, 1.54) is 0 Å². The van der Waals surface area contributed by atoms with Gasteiger partial charge in [0, 0.05) is 11.4 Å². The van der Waals surface area contributed by atoms with Crippen molar-refractivity contribution in [3.63, 3.8) is 0 Å². The van der Waals surface area contributed by atoms with Gasteiger partial charge < -0.3 is 10.4 Å². The summed E-state index contributed by atoms with van der Waals surface area (Å²) in [5, 5.41) is 13.0. The van der Waals surface area contributed by atoms with Crippen molar-refractivity contribution in [2.75, 3.05) is 16.8 Å². The first-order chi connectivity index (χ1) is 8.01. The predicted molar refractivity (Wildman–Crippen MR) is 71.4 cm³/mol. The molecule has 2 rings (SSSR count). The highest BCUT2D eigenvalue weighted by atomic mass is 32.2. The second-order valence-corrected chi connectivity index (χ2v) is 5.71. The molecule has 1 heterocycles. The average Bonchev–Trinajstić information content (AvgIpc) is 2.72. The number of hydrogen-bond acceptors (Lipinski definition) is 3. The Morgan fingerprint density at radius 3 is 2.88 bits per heavy atom. The summed E-state index contributed by atoms with van der Waals surface area (Å²) < 4.78 is 0. The first-order valence-electron chi connectivity index (χ1n) is 5.70. The van der Waals surface area contributed by atoms with Gasteiger partial charge in [-0.15, -0.1) is 0 Å². The molecule has 1 saturated heterocycles. The lowest BCUT2D eigenvalue weighted by Gasteiger charge is -2.21. The lowest BCUT2D eigenvalue weighted by molar-refractivity contribution is -0.131. The van der Waals surface area contributed by atoms with Gasteiger partial charge in [-0.2, -0.15) is 11.8 Å². The fraction of sp³-hybridized carbons (Fsp3) is 0.462. The standard InChI is InChI=1S/C13H17NO2S/c1-9-3-4-10(2)11(7-9)14-12(15)13(16)5-6-17-8-13/h3-4,7,16H,5-6,8H2,1-2H3,(H,14,15). The van der Waals surface area contributed by atoms with Crippen molar-refractivity contribution < 1.29 is 9.90 Å². The van der Waals surface area contributed by atoms with Gasteiger partial charge in [0.25, 0.3) is 5.91 Å². The molecule has 0 radical (unpaired) electrons. The van der Waals surface area contributed by atoms with Crippen molar-refractivity contribution in [3.05, 3.63) is 29.3 Å². The van der Waals surface area contributed by atoms with Crippen molar-refractivity contribution >= 4 is 23.4 Å². The van der Waals surface area contributed by atoms with E-state index in [0.717, 1.165) is 22.6 Å². The van der Waals surface area contributed by atoms with Gasteiger partial charge in [-0.05, 0) is 43.2 Å². The van der Waals surface area contributed by atoms with Gasteiger partial charge in [0.05, 0.1) is 0 Å². The van der Waals surface area contributed by atoms with Crippen LogP contribution in [-0.4, -0.2) is 28.1 Å². The molecule has 1 aliphatic rings. The van der Waals surface area contributed by atoms with Crippen LogP contribution in [0.2, 0.25) is 0 Å². The van der Waals surface area contributed by atoms with Gasteiger partial charge in [0.2, 0.25) is 0 Å². The molecule has 1 amide bonds. The molecule has 92 valence electrons. The number of hydrogen-bond donors (Lipinski definition) is 2. The van der Waals surface area contributed by atoms with E-state index in [0.29, 0.717) is 12.2 Å². The van der Waals surface area contributed by atoms with Crippen LogP contribution in [0.1, 0.15) is 17.5 Å². The Morgan fingerprint density at radius 1 is 1.47 bits per heavy atom. The summed E-state index contributed by atoms with van der Waals surface area (Å²) >= 11 is 1.62. The zero-order chi connectivity index (χ0) is 12.5. The zero-order valence-corrected chi connectivity index (χ0v) is 10.9. The third kappa shape index (κ3) is 2.64. The molecular formula is C13H17NO2S. The Balaban J connectivity index is 2.15. The Labute approximate surface area is 106 Å². The molecule has 17 heavy (non-hydrogen) atoms. The Kier molecular flexibility index (Phi) is 3.45. The molecule has 1 atom stereocenters. The van der Waals surface area contributed by atoms with Crippen LogP contribution in [-0.2, 0) is 4.79 Å². The molecule has 0 bridgehead atoms. The van der Waals surface area contributed by atoms with Crippen molar-refractivity contribution in [1.82, 2.24) is 0 Å². The number of benzene rings is 1. The first-order valence-corrected chi connectivity index (χ1v) is 6.85. The highest BCUT2D eigenvalue weighted by Gasteiger charge is 2.39. The molecular weight excluding hydrogens is 234 g/mol. The third-order valence-electron chi connectivity index (χ3n) is 3.06. The second-order valence-electron chi connectivity index (χ2n) is 4.61. The van der Waals surface area contributed by atoms with E-state index >= 15 is 0 Å². The van der Waals surface area contributed by atoms with Crippen molar-refractivity contribution in [2.24, 2.45) is 0 Å². The lowest BCUT2D eigenvalue weighted by Crippen LogP contribution is -2.43. The molecule has 1 aromatic carbocycles. The number of aliphatic hydroxyl groups is 1. The number of thioether (sulfide) groups is 1. The number of aryl methyl sites for hydroxylation is 2. The minimum atomic E-state index is -1.19. The smallest absolute Gasteiger partial charge is 0.257 e. The van der Waals surface area contributed by atoms with Gasteiger partial charge in [-0.3, -0.25) is 4.79 Å². The highest BCUT2D eigenvalue weighted by molar-refractivity contribution is 7.99. The SMILES string of the molecule is Cc1ccc(C)c(NC(=O)C2(O)CCSC2)c1. The molecule has 0 spiro atoms. The maximum absolute atomic E-state index is 12.0. The summed E-state index contributed by atoms with van der Waals surface area (Å²) in [4.78, 5) is 12.0. The van der Waals surface area contributed by atoms with Crippen LogP contribution in [0.3, 0.4) is 0 Å². The molecule has 2 N–H and O–H groups in total. The fourth-order valence-corrected chi connectivity index (χ4v) is 3.08. The Hall–Kier alpha value is -1.00. The predicted octanol–water partition coefficient (Wildman–Crippen LogP) is 2.11. The van der Waals surface area contributed by atoms with Crippen LogP contribution in [0.15, 0.2) is 18.2 Å². The van der Waals surface area contributed by atoms with E-state index in [1.807, 2.05) is 32.0 Å². The van der Waals surface area contributed by atoms with Crippen LogP contribution in [0, 0.1) is 13.8 Å². The van der Waals surface area contributed by atoms with Crippen molar-refractivity contribution in [2.45, 2.75) is 25.9 Å². The van der Waals surface area contributed by atoms with Crippen LogP contribution >= 0.6 is 11.8 Å². The van der Waals surface area contributed by atoms with E-state index in [4.69, 9.17) is 0 Å². The molecule has 1 aromatic rings. The molecule has 1 unspecified atom stereocenters. The number of carbonyl (C=O) groups excluding carboxylic acids is 1. The summed E-state index contributed by atoms with van der Waals surface area (Å²) in [6.07, 6.45) is 0.536. The molecule has 0 aromatic heterocycles. The van der Waals surface area contributed by atoms with Crippen LogP contribution in [0.25, 0.3) is 0 Å². The number of carbonyl (C=O) groups is 1. The minimum Gasteiger partial charge on any atom is -0.379 e. The monoisotopic (exact) mass is 251 g/mol. The topological polar surface area (TPSA) is 49.3 Å². The van der Waals surface area contributed by atoms with Crippen LogP contribution in [0.5, 0.6) is 0 Å². The maximum atomic E-state index is 12.0. The molecule has 3 nitrogen and oxygen atoms in total. The number of anilines is 1. The zero-order valence-electron chi connectivity index (χ0n) is 10.1. The van der Waals surface area contributed by atoms with Gasteiger partial charge in [-0.1, -0.05) is 12.1 Å². The van der Waals surface area contributed by atoms with Crippen LogP contribution in [0.4, 0.5) is 5.69 Å². The fourth-order valence-electron chi connectivity index (χ4n) is 1.84. The van der Waals surface area contributed by atoms with Gasteiger partial charge in [-0.25, -0.2) is 0 Å². The van der Waals surface area contributed by atoms with Crippen molar-refractivity contribution in [3.8, 4) is 0 Å². The Morgan fingerprint density at radius 2 is 2.24 bits per heavy atom. The second kappa shape index (κ2) is 4.70. The first kappa shape index (κ1) is 12.5. The van der Waals surface area contributed by atoms with Crippen molar-refractivity contribution in [1.29, 1.82) is 0 Å². The quantitative estimate of drug-likeness (QED) is 0.846. The summed E-state index contributed by atoms with van der Waals surface area (Å²) in [5.74, 6) is 1.05. The Bertz CT molecular complexity index is 439. The van der Waals surface area contributed by atoms with E-state index < -0.39 is 5.60 Å². The average molecular weight is 251 g/mol. The highest BCUT2D eigenvalue weighted by Crippen LogP contribution is 2.29. The molecule has 1 aliphatic heterocycles. The lowest BCUT2D eigenvalue weighted by atomic mass is 10.0. The largest absolute Gasteiger partial charge is 0.379 e. The number of rotatable bonds is 2. The maximum Gasteiger partial charge on any atom is 0.257 e. The summed E-state index contributed by atoms with van der Waals surface area (Å²) in [7, 11) is 0. The van der Waals surface area contributed by atoms with Crippen LogP contribution < -0.4 is 5.32 Å². The van der Waals surface area contributed by atoms with Gasteiger partial charge in [0.1, 0.15) is 0 Å².